The van der Waals surface area contributed by atoms with Crippen molar-refractivity contribution in [1.82, 2.24) is 5.32 Å². The average molecular weight is 394 g/mol. The van der Waals surface area contributed by atoms with E-state index in [0.717, 1.165) is 0 Å². The van der Waals surface area contributed by atoms with E-state index in [9.17, 15) is 25.2 Å². The summed E-state index contributed by atoms with van der Waals surface area (Å²) in [7, 11) is 1.35. The number of amides is 1. The van der Waals surface area contributed by atoms with E-state index in [1.54, 1.807) is 6.92 Å². The van der Waals surface area contributed by atoms with Crippen LogP contribution in [0.5, 0.6) is 0 Å². The molecule has 5 unspecified atom stereocenters. The molecule has 2 rings (SSSR count). The van der Waals surface area contributed by atoms with Crippen molar-refractivity contribution in [2.45, 2.75) is 69.0 Å². The molecule has 10 atom stereocenters. The van der Waals surface area contributed by atoms with Gasteiger partial charge in [-0.25, -0.2) is 0 Å². The third-order valence-corrected chi connectivity index (χ3v) is 5.07. The van der Waals surface area contributed by atoms with E-state index in [4.69, 9.17) is 24.7 Å². The van der Waals surface area contributed by atoms with Crippen LogP contribution in [0.15, 0.2) is 0 Å². The molecular weight excluding hydrogens is 364 g/mol. The highest BCUT2D eigenvalue weighted by molar-refractivity contribution is 5.73. The Kier molecular flexibility index (Phi) is 7.92. The number of nitrogens with one attached hydrogen (secondary N) is 1. The number of nitrogens with two attached hydrogens (primary N) is 1. The Hall–Kier alpha value is -0.890. The summed E-state index contributed by atoms with van der Waals surface area (Å²) in [6.07, 6.45) is -7.32. The lowest BCUT2D eigenvalue weighted by atomic mass is 9.89. The zero-order valence-corrected chi connectivity index (χ0v) is 15.6. The molecule has 0 aromatic carbocycles. The molecule has 0 aromatic rings. The number of rotatable bonds is 6. The molecule has 11 nitrogen and oxygen atoms in total. The fourth-order valence-corrected chi connectivity index (χ4v) is 3.43. The number of carbonyl (C=O) groups is 1. The van der Waals surface area contributed by atoms with Crippen molar-refractivity contribution in [1.29, 1.82) is 0 Å². The highest BCUT2D eigenvalue weighted by Crippen LogP contribution is 2.30. The Labute approximate surface area is 157 Å². The lowest BCUT2D eigenvalue weighted by molar-refractivity contribution is -0.323. The second kappa shape index (κ2) is 9.54. The second-order valence-corrected chi connectivity index (χ2v) is 6.93. The van der Waals surface area contributed by atoms with Crippen LogP contribution in [0.2, 0.25) is 0 Å². The van der Waals surface area contributed by atoms with E-state index < -0.39 is 73.6 Å². The Bertz CT molecular complexity index is 495. The number of ether oxygens (including phenoxy) is 4. The van der Waals surface area contributed by atoms with Gasteiger partial charge in [0, 0.05) is 20.0 Å². The first-order valence-electron chi connectivity index (χ1n) is 8.84. The second-order valence-electron chi connectivity index (χ2n) is 6.93. The highest BCUT2D eigenvalue weighted by atomic mass is 16.7. The van der Waals surface area contributed by atoms with Crippen LogP contribution in [0, 0.1) is 5.92 Å². The summed E-state index contributed by atoms with van der Waals surface area (Å²) >= 11 is 0. The molecule has 2 aliphatic rings. The molecule has 0 aromatic heterocycles. The number of hydrogen-bond acceptors (Lipinski definition) is 10. The molecule has 0 aliphatic carbocycles. The van der Waals surface area contributed by atoms with Crippen molar-refractivity contribution in [3.05, 3.63) is 0 Å². The van der Waals surface area contributed by atoms with Crippen LogP contribution >= 0.6 is 0 Å². The van der Waals surface area contributed by atoms with Crippen LogP contribution in [0.3, 0.4) is 0 Å². The van der Waals surface area contributed by atoms with Gasteiger partial charge in [-0.3, -0.25) is 4.79 Å². The minimum absolute atomic E-state index is 0.372. The van der Waals surface area contributed by atoms with Gasteiger partial charge in [-0.15, -0.1) is 0 Å². The Morgan fingerprint density at radius 3 is 2.22 bits per heavy atom. The monoisotopic (exact) mass is 394 g/mol. The fraction of sp³-hybridized carbons (Fsp3) is 0.938. The molecule has 158 valence electrons. The zero-order valence-electron chi connectivity index (χ0n) is 15.6. The molecule has 2 fully saturated rings. The van der Waals surface area contributed by atoms with Crippen molar-refractivity contribution in [3.8, 4) is 0 Å². The lowest BCUT2D eigenvalue weighted by Crippen LogP contribution is -2.67. The predicted octanol–water partition coefficient (Wildman–Crippen LogP) is -3.36. The topological polar surface area (TPSA) is 173 Å². The van der Waals surface area contributed by atoms with Crippen LogP contribution < -0.4 is 11.1 Å². The van der Waals surface area contributed by atoms with Crippen molar-refractivity contribution >= 4 is 5.91 Å². The molecule has 2 aliphatic heterocycles. The SMILES string of the molecule is CO[C@@H]1O[C@@H](CO)[C@@H](OC2OC(CO)[C@@H](C)C(O)[C@@H]2NC(C)=O)C(O)C1N. The quantitative estimate of drug-likeness (QED) is 0.267. The maximum Gasteiger partial charge on any atom is 0.217 e. The van der Waals surface area contributed by atoms with Crippen LogP contribution in [0.4, 0.5) is 0 Å². The smallest absolute Gasteiger partial charge is 0.217 e. The van der Waals surface area contributed by atoms with Crippen molar-refractivity contribution in [3.63, 3.8) is 0 Å². The van der Waals surface area contributed by atoms with Crippen LogP contribution in [-0.2, 0) is 23.7 Å². The van der Waals surface area contributed by atoms with Crippen molar-refractivity contribution in [2.75, 3.05) is 20.3 Å². The molecule has 7 N–H and O–H groups in total. The summed E-state index contributed by atoms with van der Waals surface area (Å²) < 4.78 is 22.0. The minimum atomic E-state index is -1.27. The average Bonchev–Trinajstić information content (AvgIpc) is 2.64. The molecule has 0 saturated carbocycles. The zero-order chi connectivity index (χ0) is 20.3. The van der Waals surface area contributed by atoms with E-state index in [1.165, 1.54) is 14.0 Å². The minimum Gasteiger partial charge on any atom is -0.394 e. The van der Waals surface area contributed by atoms with E-state index in [1.807, 2.05) is 0 Å². The Balaban J connectivity index is 2.22. The summed E-state index contributed by atoms with van der Waals surface area (Å²) in [5.74, 6) is -0.894. The molecule has 0 spiro atoms. The van der Waals surface area contributed by atoms with Gasteiger partial charge in [0.15, 0.2) is 12.6 Å². The molecule has 11 heteroatoms. The number of hydrogen-bond donors (Lipinski definition) is 6. The van der Waals surface area contributed by atoms with Gasteiger partial charge in [-0.05, 0) is 0 Å². The van der Waals surface area contributed by atoms with Gasteiger partial charge in [-0.1, -0.05) is 6.92 Å². The summed E-state index contributed by atoms with van der Waals surface area (Å²) in [6, 6.07) is -1.91. The van der Waals surface area contributed by atoms with Crippen molar-refractivity contribution in [2.24, 2.45) is 11.7 Å². The van der Waals surface area contributed by atoms with Gasteiger partial charge >= 0.3 is 0 Å². The fourth-order valence-electron chi connectivity index (χ4n) is 3.43. The standard InChI is InChI=1S/C16H30N2O9/c1-6-8(4-19)25-16(11(12(6)22)18-7(2)21)27-14-9(5-20)26-15(24-3)10(17)13(14)23/h6,8-16,19-20,22-23H,4-5,17H2,1-3H3,(H,18,21)/t6-,8?,9+,10?,11+,12?,13?,14-,15-,16?/m1/s1. The first kappa shape index (κ1) is 22.4. The van der Waals surface area contributed by atoms with Crippen LogP contribution in [-0.4, -0.2) is 102 Å². The largest absolute Gasteiger partial charge is 0.394 e. The van der Waals surface area contributed by atoms with E-state index >= 15 is 0 Å². The van der Waals surface area contributed by atoms with E-state index in [-0.39, 0.29) is 6.61 Å². The summed E-state index contributed by atoms with van der Waals surface area (Å²) in [4.78, 5) is 11.5. The van der Waals surface area contributed by atoms with Gasteiger partial charge in [0.25, 0.3) is 0 Å². The van der Waals surface area contributed by atoms with Crippen LogP contribution in [0.25, 0.3) is 0 Å². The number of aliphatic hydroxyl groups is 4. The van der Waals surface area contributed by atoms with E-state index in [2.05, 4.69) is 5.32 Å². The normalized spacial score (nSPS) is 45.5. The maximum absolute atomic E-state index is 11.5. The van der Waals surface area contributed by atoms with Gasteiger partial charge in [-0.2, -0.15) is 0 Å². The molecule has 27 heavy (non-hydrogen) atoms. The third kappa shape index (κ3) is 4.75. The molecule has 0 bridgehead atoms. The predicted molar refractivity (Wildman–Crippen MR) is 90.1 cm³/mol. The third-order valence-electron chi connectivity index (χ3n) is 5.07. The summed E-state index contributed by atoms with van der Waals surface area (Å²) in [6.45, 7) is 2.09. The number of aliphatic hydroxyl groups excluding tert-OH is 4. The molecular formula is C16H30N2O9. The van der Waals surface area contributed by atoms with Gasteiger partial charge in [0.1, 0.15) is 24.4 Å². The highest BCUT2D eigenvalue weighted by Gasteiger charge is 2.50. The van der Waals surface area contributed by atoms with E-state index in [0.29, 0.717) is 0 Å². The molecule has 2 saturated heterocycles. The number of methoxy groups -OCH3 is 1. The molecule has 2 heterocycles. The summed E-state index contributed by atoms with van der Waals surface area (Å²) in [5.41, 5.74) is 5.90. The first-order chi connectivity index (χ1) is 12.7. The number of carbonyl (C=O) groups excluding carboxylic acids is 1. The maximum atomic E-state index is 11.5. The Morgan fingerprint density at radius 1 is 1.11 bits per heavy atom. The van der Waals surface area contributed by atoms with Gasteiger partial charge in [0.2, 0.25) is 5.91 Å². The first-order valence-corrected chi connectivity index (χ1v) is 8.84. The Morgan fingerprint density at radius 2 is 1.70 bits per heavy atom. The molecule has 0 radical (unpaired) electrons. The van der Waals surface area contributed by atoms with Crippen molar-refractivity contribution < 1.29 is 44.2 Å². The van der Waals surface area contributed by atoms with Gasteiger partial charge < -0.3 is 50.4 Å². The lowest BCUT2D eigenvalue weighted by Gasteiger charge is -2.47. The summed E-state index contributed by atoms with van der Waals surface area (Å²) in [5, 5.41) is 42.7. The van der Waals surface area contributed by atoms with Crippen LogP contribution in [0.1, 0.15) is 13.8 Å². The van der Waals surface area contributed by atoms with Gasteiger partial charge in [0.05, 0.1) is 31.5 Å². The molecule has 1 amide bonds.